The van der Waals surface area contributed by atoms with Crippen LogP contribution in [0.3, 0.4) is 0 Å². The number of halogens is 1. The fourth-order valence-corrected chi connectivity index (χ4v) is 2.53. The van der Waals surface area contributed by atoms with Crippen molar-refractivity contribution in [2.75, 3.05) is 12.1 Å². The molecule has 1 aromatic rings. The molecule has 0 aromatic heterocycles. The van der Waals surface area contributed by atoms with Gasteiger partial charge < -0.3 is 5.32 Å². The van der Waals surface area contributed by atoms with Crippen molar-refractivity contribution in [1.29, 1.82) is 0 Å². The lowest BCUT2D eigenvalue weighted by atomic mass is 10.1. The van der Waals surface area contributed by atoms with Crippen molar-refractivity contribution in [3.8, 4) is 0 Å². The van der Waals surface area contributed by atoms with Crippen LogP contribution in [0.25, 0.3) is 0 Å². The molecule has 0 aliphatic rings. The zero-order chi connectivity index (χ0) is 14.5. The van der Waals surface area contributed by atoms with Crippen LogP contribution in [0.4, 0.5) is 0 Å². The Hall–Kier alpha value is -1.07. The van der Waals surface area contributed by atoms with Gasteiger partial charge in [-0.05, 0) is 37.1 Å². The van der Waals surface area contributed by atoms with Crippen molar-refractivity contribution in [3.05, 3.63) is 29.8 Å². The minimum Gasteiger partial charge on any atom is -0.349 e. The molecular formula is C13H18ClNO3S. The molecule has 0 heterocycles. The van der Waals surface area contributed by atoms with E-state index in [4.69, 9.17) is 11.6 Å². The first-order valence-electron chi connectivity index (χ1n) is 6.05. The summed E-state index contributed by atoms with van der Waals surface area (Å²) in [7, 11) is -3.23. The zero-order valence-electron chi connectivity index (χ0n) is 11.0. The molecule has 0 radical (unpaired) electrons. The van der Waals surface area contributed by atoms with Gasteiger partial charge in [-0.2, -0.15) is 0 Å². The van der Waals surface area contributed by atoms with E-state index in [1.807, 2.05) is 6.92 Å². The lowest BCUT2D eigenvalue weighted by Crippen LogP contribution is -2.34. The Labute approximate surface area is 119 Å². The van der Waals surface area contributed by atoms with Gasteiger partial charge in [-0.15, -0.1) is 11.6 Å². The molecule has 1 N–H and O–H groups in total. The van der Waals surface area contributed by atoms with Gasteiger partial charge in [0.1, 0.15) is 0 Å². The minimum absolute atomic E-state index is 0.0413. The number of amides is 1. The van der Waals surface area contributed by atoms with E-state index in [1.165, 1.54) is 24.3 Å². The maximum Gasteiger partial charge on any atom is 0.251 e. The maximum absolute atomic E-state index is 11.9. The molecule has 1 amide bonds. The van der Waals surface area contributed by atoms with Gasteiger partial charge >= 0.3 is 0 Å². The summed E-state index contributed by atoms with van der Waals surface area (Å²) in [6.45, 7) is 1.98. The second-order valence-corrected chi connectivity index (χ2v) is 6.75. The standard InChI is InChI=1S/C13H18ClNO3S/c1-3-11(8-9-14)15-13(16)10-4-6-12(7-5-10)19(2,17)18/h4-7,11H,3,8-9H2,1-2H3,(H,15,16). The Kier molecular flexibility index (Phi) is 5.82. The minimum atomic E-state index is -3.23. The van der Waals surface area contributed by atoms with E-state index >= 15 is 0 Å². The smallest absolute Gasteiger partial charge is 0.251 e. The molecule has 4 nitrogen and oxygen atoms in total. The van der Waals surface area contributed by atoms with Gasteiger partial charge in [0, 0.05) is 23.7 Å². The third-order valence-corrected chi connectivity index (χ3v) is 4.18. The maximum atomic E-state index is 11.9. The molecule has 0 fully saturated rings. The van der Waals surface area contributed by atoms with Crippen LogP contribution in [0, 0.1) is 0 Å². The third-order valence-electron chi connectivity index (χ3n) is 2.83. The number of hydrogen-bond donors (Lipinski definition) is 1. The van der Waals surface area contributed by atoms with Gasteiger partial charge in [-0.3, -0.25) is 4.79 Å². The molecule has 106 valence electrons. The Morgan fingerprint density at radius 3 is 2.32 bits per heavy atom. The molecule has 1 atom stereocenters. The molecule has 0 aliphatic heterocycles. The largest absolute Gasteiger partial charge is 0.349 e. The number of benzene rings is 1. The van der Waals surface area contributed by atoms with Gasteiger partial charge in [-0.1, -0.05) is 6.92 Å². The van der Waals surface area contributed by atoms with E-state index in [0.717, 1.165) is 12.7 Å². The summed E-state index contributed by atoms with van der Waals surface area (Å²) in [4.78, 5) is 12.2. The molecule has 0 bridgehead atoms. The fourth-order valence-electron chi connectivity index (χ4n) is 1.63. The molecule has 1 rings (SSSR count). The zero-order valence-corrected chi connectivity index (χ0v) is 12.6. The number of nitrogens with one attached hydrogen (secondary N) is 1. The third kappa shape index (κ3) is 4.84. The highest BCUT2D eigenvalue weighted by Crippen LogP contribution is 2.11. The lowest BCUT2D eigenvalue weighted by Gasteiger charge is -2.15. The quantitative estimate of drug-likeness (QED) is 0.820. The average molecular weight is 304 g/mol. The summed E-state index contributed by atoms with van der Waals surface area (Å²) >= 11 is 5.66. The van der Waals surface area contributed by atoms with Crippen molar-refractivity contribution < 1.29 is 13.2 Å². The normalized spacial score (nSPS) is 13.0. The van der Waals surface area contributed by atoms with Gasteiger partial charge in [0.25, 0.3) is 5.91 Å². The van der Waals surface area contributed by atoms with Gasteiger partial charge in [-0.25, -0.2) is 8.42 Å². The summed E-state index contributed by atoms with van der Waals surface area (Å²) in [5, 5.41) is 2.87. The van der Waals surface area contributed by atoms with Crippen LogP contribution in [0.1, 0.15) is 30.1 Å². The van der Waals surface area contributed by atoms with Crippen molar-refractivity contribution in [2.24, 2.45) is 0 Å². The van der Waals surface area contributed by atoms with Crippen LogP contribution in [-0.4, -0.2) is 32.5 Å². The van der Waals surface area contributed by atoms with E-state index < -0.39 is 9.84 Å². The van der Waals surface area contributed by atoms with Crippen LogP contribution in [0.15, 0.2) is 29.2 Å². The van der Waals surface area contributed by atoms with E-state index in [-0.39, 0.29) is 16.8 Å². The van der Waals surface area contributed by atoms with Gasteiger partial charge in [0.05, 0.1) is 4.90 Å². The van der Waals surface area contributed by atoms with Gasteiger partial charge in [0.2, 0.25) is 0 Å². The summed E-state index contributed by atoms with van der Waals surface area (Å²) in [6, 6.07) is 5.94. The molecule has 1 unspecified atom stereocenters. The van der Waals surface area contributed by atoms with Crippen LogP contribution in [0.5, 0.6) is 0 Å². The van der Waals surface area contributed by atoms with Crippen LogP contribution >= 0.6 is 11.6 Å². The Balaban J connectivity index is 2.78. The van der Waals surface area contributed by atoms with Crippen molar-refractivity contribution in [1.82, 2.24) is 5.32 Å². The number of alkyl halides is 1. The molecule has 0 saturated carbocycles. The SMILES string of the molecule is CCC(CCCl)NC(=O)c1ccc(S(C)(=O)=O)cc1. The van der Waals surface area contributed by atoms with Crippen LogP contribution in [-0.2, 0) is 9.84 Å². The second kappa shape index (κ2) is 6.91. The van der Waals surface area contributed by atoms with E-state index in [9.17, 15) is 13.2 Å². The summed E-state index contributed by atoms with van der Waals surface area (Å²) in [5.74, 6) is 0.281. The number of hydrogen-bond acceptors (Lipinski definition) is 3. The predicted molar refractivity (Wildman–Crippen MR) is 76.4 cm³/mol. The summed E-state index contributed by atoms with van der Waals surface area (Å²) in [5.41, 5.74) is 0.445. The molecule has 0 spiro atoms. The lowest BCUT2D eigenvalue weighted by molar-refractivity contribution is 0.0935. The number of carbonyl (C=O) groups excluding carboxylic acids is 1. The number of rotatable bonds is 6. The first-order chi connectivity index (χ1) is 8.88. The average Bonchev–Trinajstić information content (AvgIpc) is 2.37. The highest BCUT2D eigenvalue weighted by atomic mass is 35.5. The van der Waals surface area contributed by atoms with Crippen molar-refractivity contribution >= 4 is 27.3 Å². The highest BCUT2D eigenvalue weighted by molar-refractivity contribution is 7.90. The number of carbonyl (C=O) groups is 1. The summed E-state index contributed by atoms with van der Waals surface area (Å²) in [6.07, 6.45) is 2.65. The van der Waals surface area contributed by atoms with E-state index in [2.05, 4.69) is 5.32 Å². The molecule has 19 heavy (non-hydrogen) atoms. The van der Waals surface area contributed by atoms with E-state index in [1.54, 1.807) is 0 Å². The van der Waals surface area contributed by atoms with Crippen LogP contribution < -0.4 is 5.32 Å². The summed E-state index contributed by atoms with van der Waals surface area (Å²) < 4.78 is 22.6. The molecule has 6 heteroatoms. The monoisotopic (exact) mass is 303 g/mol. The topological polar surface area (TPSA) is 63.2 Å². The Bertz CT molecular complexity index is 525. The number of sulfone groups is 1. The first-order valence-corrected chi connectivity index (χ1v) is 8.48. The molecule has 0 saturated heterocycles. The highest BCUT2D eigenvalue weighted by Gasteiger charge is 2.13. The van der Waals surface area contributed by atoms with Crippen molar-refractivity contribution in [3.63, 3.8) is 0 Å². The molecular weight excluding hydrogens is 286 g/mol. The van der Waals surface area contributed by atoms with Gasteiger partial charge in [0.15, 0.2) is 9.84 Å². The fraction of sp³-hybridized carbons (Fsp3) is 0.462. The molecule has 1 aromatic carbocycles. The Morgan fingerprint density at radius 2 is 1.89 bits per heavy atom. The predicted octanol–water partition coefficient (Wildman–Crippen LogP) is 2.23. The Morgan fingerprint density at radius 1 is 1.32 bits per heavy atom. The van der Waals surface area contributed by atoms with E-state index in [0.29, 0.717) is 17.9 Å². The molecule has 0 aliphatic carbocycles. The van der Waals surface area contributed by atoms with Crippen LogP contribution in [0.2, 0.25) is 0 Å². The second-order valence-electron chi connectivity index (χ2n) is 4.35. The van der Waals surface area contributed by atoms with Crippen molar-refractivity contribution in [2.45, 2.75) is 30.7 Å². The first kappa shape index (κ1) is 16.0.